The number of aromatic nitrogens is 3. The minimum absolute atomic E-state index is 0.509. The van der Waals surface area contributed by atoms with E-state index in [2.05, 4.69) is 121 Å². The van der Waals surface area contributed by atoms with Crippen LogP contribution in [0.4, 0.5) is 0 Å². The molecule has 0 radical (unpaired) electrons. The van der Waals surface area contributed by atoms with Gasteiger partial charge in [-0.2, -0.15) is 0 Å². The van der Waals surface area contributed by atoms with Crippen LogP contribution in [0.2, 0.25) is 0 Å². The lowest BCUT2D eigenvalue weighted by molar-refractivity contribution is 0.571. The van der Waals surface area contributed by atoms with Crippen molar-refractivity contribution in [3.05, 3.63) is 151 Å². The fourth-order valence-electron chi connectivity index (χ4n) is 7.85. The summed E-state index contributed by atoms with van der Waals surface area (Å²) < 4.78 is 6.47. The second kappa shape index (κ2) is 11.4. The maximum absolute atomic E-state index is 6.47. The Labute approximate surface area is 284 Å². The number of allylic oxidation sites excluding steroid dienone is 10. The van der Waals surface area contributed by atoms with E-state index in [1.807, 2.05) is 12.1 Å². The first-order valence-electron chi connectivity index (χ1n) is 17.3. The predicted octanol–water partition coefficient (Wildman–Crippen LogP) is 11.8. The zero-order valence-corrected chi connectivity index (χ0v) is 27.1. The fourth-order valence-corrected chi connectivity index (χ4v) is 7.85. The topological polar surface area (TPSA) is 51.8 Å². The average Bonchev–Trinajstić information content (AvgIpc) is 3.56. The molecule has 0 amide bonds. The molecular weight excluding hydrogens is 599 g/mol. The first-order valence-corrected chi connectivity index (χ1v) is 17.3. The van der Waals surface area contributed by atoms with Crippen LogP contribution in [0.25, 0.3) is 77.1 Å². The maximum atomic E-state index is 6.47. The lowest BCUT2D eigenvalue weighted by Crippen LogP contribution is -2.13. The van der Waals surface area contributed by atoms with Crippen molar-refractivity contribution in [1.82, 2.24) is 15.0 Å². The van der Waals surface area contributed by atoms with Gasteiger partial charge in [-0.05, 0) is 106 Å². The van der Waals surface area contributed by atoms with Gasteiger partial charge in [-0.15, -0.1) is 0 Å². The molecular formula is C45H33N3O. The normalized spacial score (nSPS) is 17.4. The van der Waals surface area contributed by atoms with Gasteiger partial charge in [-0.25, -0.2) is 15.0 Å². The lowest BCUT2D eigenvalue weighted by atomic mass is 9.81. The number of benzene rings is 5. The van der Waals surface area contributed by atoms with E-state index in [0.29, 0.717) is 11.7 Å². The number of furan rings is 1. The molecule has 2 heterocycles. The third-order valence-electron chi connectivity index (χ3n) is 10.4. The highest BCUT2D eigenvalue weighted by molar-refractivity contribution is 6.13. The Morgan fingerprint density at radius 1 is 0.592 bits per heavy atom. The van der Waals surface area contributed by atoms with E-state index in [9.17, 15) is 0 Å². The Morgan fingerprint density at radius 3 is 2.31 bits per heavy atom. The van der Waals surface area contributed by atoms with E-state index < -0.39 is 0 Å². The van der Waals surface area contributed by atoms with Crippen molar-refractivity contribution in [2.45, 2.75) is 32.1 Å². The number of rotatable bonds is 4. The number of hydrogen-bond acceptors (Lipinski definition) is 4. The van der Waals surface area contributed by atoms with Crippen LogP contribution in [0.3, 0.4) is 0 Å². The van der Waals surface area contributed by atoms with Crippen LogP contribution in [0.5, 0.6) is 0 Å². The molecule has 234 valence electrons. The summed E-state index contributed by atoms with van der Waals surface area (Å²) in [7, 11) is 0. The summed E-state index contributed by atoms with van der Waals surface area (Å²) in [6.45, 7) is 0. The van der Waals surface area contributed by atoms with E-state index >= 15 is 0 Å². The average molecular weight is 632 g/mol. The van der Waals surface area contributed by atoms with Crippen molar-refractivity contribution in [2.24, 2.45) is 5.92 Å². The SMILES string of the molecule is C1=CC(c2nc(C3=CC=C4C=CCCC4C3)nc(-c3cccc4oc5ccc(-c6ccc7ccc8ccccc8c7c6)cc5c34)n2)=CCC1. The van der Waals surface area contributed by atoms with Gasteiger partial charge in [0, 0.05) is 21.9 Å². The van der Waals surface area contributed by atoms with Gasteiger partial charge in [0.25, 0.3) is 0 Å². The van der Waals surface area contributed by atoms with Gasteiger partial charge in [0.2, 0.25) is 0 Å². The molecule has 3 aliphatic carbocycles. The van der Waals surface area contributed by atoms with Crippen molar-refractivity contribution in [3.63, 3.8) is 0 Å². The Morgan fingerprint density at radius 2 is 1.39 bits per heavy atom. The third-order valence-corrected chi connectivity index (χ3v) is 10.4. The van der Waals surface area contributed by atoms with Gasteiger partial charge in [0.05, 0.1) is 0 Å². The van der Waals surface area contributed by atoms with Crippen LogP contribution in [-0.4, -0.2) is 15.0 Å². The molecule has 0 saturated heterocycles. The molecule has 1 atom stereocenters. The lowest BCUT2D eigenvalue weighted by Gasteiger charge is -2.25. The summed E-state index contributed by atoms with van der Waals surface area (Å²) in [5.74, 6) is 2.67. The van der Waals surface area contributed by atoms with E-state index in [-0.39, 0.29) is 0 Å². The zero-order chi connectivity index (χ0) is 32.3. The van der Waals surface area contributed by atoms with Crippen molar-refractivity contribution in [3.8, 4) is 22.5 Å². The fraction of sp³-hybridized carbons (Fsp3) is 0.133. The van der Waals surface area contributed by atoms with Crippen molar-refractivity contribution >= 4 is 54.6 Å². The van der Waals surface area contributed by atoms with Crippen molar-refractivity contribution in [1.29, 1.82) is 0 Å². The van der Waals surface area contributed by atoms with E-state index in [4.69, 9.17) is 19.4 Å². The highest BCUT2D eigenvalue weighted by Crippen LogP contribution is 2.40. The molecule has 49 heavy (non-hydrogen) atoms. The molecule has 0 bridgehead atoms. The molecule has 4 heteroatoms. The molecule has 5 aromatic carbocycles. The highest BCUT2D eigenvalue weighted by atomic mass is 16.3. The molecule has 0 spiro atoms. The Kier molecular flexibility index (Phi) is 6.54. The zero-order valence-electron chi connectivity index (χ0n) is 27.1. The van der Waals surface area contributed by atoms with Gasteiger partial charge < -0.3 is 4.42 Å². The monoisotopic (exact) mass is 631 g/mol. The standard InChI is InChI=1S/C45H33N3O/c1-2-11-31(12-3-1)43-46-44(35-22-17-28-9-4-5-13-32(28)25-35)48-45(47-43)37-15-8-16-41-42(37)39-27-34(23-24-40(39)49-41)33-21-20-30-19-18-29-10-6-7-14-36(29)38(30)26-33/h2,4,6-12,14-24,26-27,32H,1,3,5,13,25H2. The minimum Gasteiger partial charge on any atom is -0.456 e. The number of fused-ring (bicyclic) bond motifs is 7. The van der Waals surface area contributed by atoms with Gasteiger partial charge >= 0.3 is 0 Å². The number of hydrogen-bond donors (Lipinski definition) is 0. The van der Waals surface area contributed by atoms with Crippen LogP contribution in [0.15, 0.2) is 144 Å². The molecule has 0 fully saturated rings. The summed E-state index contributed by atoms with van der Waals surface area (Å²) in [4.78, 5) is 15.4. The molecule has 2 aromatic heterocycles. The van der Waals surface area contributed by atoms with Crippen molar-refractivity contribution in [2.75, 3.05) is 0 Å². The molecule has 0 aliphatic heterocycles. The van der Waals surface area contributed by atoms with Gasteiger partial charge in [-0.1, -0.05) is 109 Å². The number of nitrogens with zero attached hydrogens (tertiary/aromatic N) is 3. The summed E-state index contributed by atoms with van der Waals surface area (Å²) in [5, 5.41) is 7.10. The summed E-state index contributed by atoms with van der Waals surface area (Å²) >= 11 is 0. The molecule has 3 aliphatic rings. The summed E-state index contributed by atoms with van der Waals surface area (Å²) in [6.07, 6.45) is 20.9. The summed E-state index contributed by atoms with van der Waals surface area (Å²) in [6, 6.07) is 32.5. The second-order valence-electron chi connectivity index (χ2n) is 13.4. The largest absolute Gasteiger partial charge is 0.456 e. The second-order valence-corrected chi connectivity index (χ2v) is 13.4. The minimum atomic E-state index is 0.509. The molecule has 0 saturated carbocycles. The van der Waals surface area contributed by atoms with Crippen molar-refractivity contribution < 1.29 is 4.42 Å². The molecule has 1 unspecified atom stereocenters. The Bertz CT molecular complexity index is 2650. The third kappa shape index (κ3) is 4.86. The quantitative estimate of drug-likeness (QED) is 0.181. The Balaban J connectivity index is 1.15. The smallest absolute Gasteiger partial charge is 0.164 e. The summed E-state index contributed by atoms with van der Waals surface area (Å²) in [5.41, 5.74) is 8.59. The van der Waals surface area contributed by atoms with E-state index in [0.717, 1.165) is 82.4 Å². The maximum Gasteiger partial charge on any atom is 0.164 e. The first kappa shape index (κ1) is 28.2. The van der Waals surface area contributed by atoms with E-state index in [1.165, 1.54) is 38.3 Å². The van der Waals surface area contributed by atoms with Crippen LogP contribution in [0.1, 0.15) is 43.8 Å². The van der Waals surface area contributed by atoms with Gasteiger partial charge in [-0.3, -0.25) is 0 Å². The van der Waals surface area contributed by atoms with Gasteiger partial charge in [0.15, 0.2) is 17.5 Å². The molecule has 7 aromatic rings. The molecule has 0 N–H and O–H groups in total. The van der Waals surface area contributed by atoms with Crippen LogP contribution < -0.4 is 0 Å². The van der Waals surface area contributed by atoms with Crippen LogP contribution >= 0.6 is 0 Å². The first-order chi connectivity index (χ1) is 24.2. The Hall–Kier alpha value is -5.87. The molecule has 4 nitrogen and oxygen atoms in total. The van der Waals surface area contributed by atoms with E-state index in [1.54, 1.807) is 0 Å². The predicted molar refractivity (Wildman–Crippen MR) is 202 cm³/mol. The van der Waals surface area contributed by atoms with Crippen LogP contribution in [-0.2, 0) is 0 Å². The van der Waals surface area contributed by atoms with Crippen LogP contribution in [0, 0.1) is 5.92 Å². The van der Waals surface area contributed by atoms with Gasteiger partial charge in [0.1, 0.15) is 11.2 Å². The highest BCUT2D eigenvalue weighted by Gasteiger charge is 2.24. The molecule has 10 rings (SSSR count).